The number of benzene rings is 1. The lowest BCUT2D eigenvalue weighted by atomic mass is 10.0. The molecule has 10 heteroatoms. The molecule has 35 heavy (non-hydrogen) atoms. The van der Waals surface area contributed by atoms with E-state index in [1.807, 2.05) is 30.3 Å². The summed E-state index contributed by atoms with van der Waals surface area (Å²) < 4.78 is 43.5. The topological polar surface area (TPSA) is 64.1 Å². The number of pyridine rings is 2. The average Bonchev–Trinajstić information content (AvgIpc) is 2.83. The molecule has 0 saturated carbocycles. The molecule has 1 N–H and O–H groups in total. The largest absolute Gasteiger partial charge is 0.477 e. The van der Waals surface area contributed by atoms with Crippen LogP contribution in [-0.2, 0) is 23.8 Å². The van der Waals surface area contributed by atoms with Gasteiger partial charge in [-0.1, -0.05) is 42.3 Å². The lowest BCUT2D eigenvalue weighted by Gasteiger charge is -2.21. The molecule has 2 atom stereocenters. The van der Waals surface area contributed by atoms with Crippen LogP contribution in [0.25, 0.3) is 0 Å². The summed E-state index contributed by atoms with van der Waals surface area (Å²) in [6.07, 6.45) is -0.334. The van der Waals surface area contributed by atoms with Crippen LogP contribution >= 0.6 is 23.2 Å². The van der Waals surface area contributed by atoms with Crippen LogP contribution in [0.5, 0.6) is 5.88 Å². The van der Waals surface area contributed by atoms with Crippen LogP contribution < -0.4 is 10.1 Å². The summed E-state index contributed by atoms with van der Waals surface area (Å²) in [5, 5.41) is 4.22. The third kappa shape index (κ3) is 8.71. The van der Waals surface area contributed by atoms with E-state index in [0.717, 1.165) is 29.8 Å². The Labute approximate surface area is 211 Å². The second kappa shape index (κ2) is 12.2. The molecule has 0 spiro atoms. The maximum atomic E-state index is 12.8. The van der Waals surface area contributed by atoms with Crippen molar-refractivity contribution in [2.24, 2.45) is 5.92 Å². The third-order valence-corrected chi connectivity index (χ3v) is 5.75. The van der Waals surface area contributed by atoms with E-state index >= 15 is 0 Å². The molecule has 0 aliphatic carbocycles. The predicted molar refractivity (Wildman–Crippen MR) is 129 cm³/mol. The number of alkyl halides is 3. The fourth-order valence-electron chi connectivity index (χ4n) is 3.26. The molecule has 0 aliphatic heterocycles. The van der Waals surface area contributed by atoms with Crippen LogP contribution in [0.4, 0.5) is 13.2 Å². The molecule has 0 radical (unpaired) electrons. The summed E-state index contributed by atoms with van der Waals surface area (Å²) in [7, 11) is 0. The first-order chi connectivity index (χ1) is 16.6. The molecule has 2 aromatic heterocycles. The molecule has 1 aromatic carbocycles. The number of aromatic nitrogens is 2. The Kier molecular flexibility index (Phi) is 9.34. The van der Waals surface area contributed by atoms with E-state index in [1.54, 1.807) is 19.2 Å². The molecule has 186 valence electrons. The van der Waals surface area contributed by atoms with Crippen molar-refractivity contribution in [1.29, 1.82) is 0 Å². The minimum atomic E-state index is -4.47. The van der Waals surface area contributed by atoms with Crippen molar-refractivity contribution in [3.05, 3.63) is 87.8 Å². The van der Waals surface area contributed by atoms with Crippen LogP contribution in [-0.4, -0.2) is 28.5 Å². The molecule has 1 amide bonds. The fourth-order valence-corrected chi connectivity index (χ4v) is 3.50. The zero-order chi connectivity index (χ0) is 25.4. The van der Waals surface area contributed by atoms with Crippen molar-refractivity contribution >= 4 is 29.1 Å². The second-order valence-electron chi connectivity index (χ2n) is 8.14. The zero-order valence-corrected chi connectivity index (χ0v) is 20.4. The van der Waals surface area contributed by atoms with Gasteiger partial charge in [0.15, 0.2) is 0 Å². The summed E-state index contributed by atoms with van der Waals surface area (Å²) in [5.74, 6) is -0.787. The zero-order valence-electron chi connectivity index (χ0n) is 18.9. The van der Waals surface area contributed by atoms with Gasteiger partial charge < -0.3 is 10.1 Å². The van der Waals surface area contributed by atoms with E-state index in [4.69, 9.17) is 27.9 Å². The number of carbonyl (C=O) groups is 1. The lowest BCUT2D eigenvalue weighted by Crippen LogP contribution is -2.41. The lowest BCUT2D eigenvalue weighted by molar-refractivity contribution is -0.137. The number of hydrogen-bond donors (Lipinski definition) is 1. The minimum absolute atomic E-state index is 0.0160. The van der Waals surface area contributed by atoms with Crippen molar-refractivity contribution in [2.45, 2.75) is 38.4 Å². The second-order valence-corrected chi connectivity index (χ2v) is 9.01. The van der Waals surface area contributed by atoms with Crippen molar-refractivity contribution in [2.75, 3.05) is 6.61 Å². The van der Waals surface area contributed by atoms with Gasteiger partial charge in [0.2, 0.25) is 11.8 Å². The highest BCUT2D eigenvalue weighted by atomic mass is 35.5. The first-order valence-electron chi connectivity index (χ1n) is 10.9. The summed E-state index contributed by atoms with van der Waals surface area (Å²) >= 11 is 11.9. The maximum Gasteiger partial charge on any atom is 0.417 e. The van der Waals surface area contributed by atoms with Gasteiger partial charge in [-0.25, -0.2) is 4.98 Å². The normalized spacial score (nSPS) is 13.2. The molecule has 0 aliphatic rings. The van der Waals surface area contributed by atoms with E-state index in [1.165, 1.54) is 0 Å². The molecule has 0 bridgehead atoms. The predicted octanol–water partition coefficient (Wildman–Crippen LogP) is 6.18. The Morgan fingerprint density at radius 3 is 2.31 bits per heavy atom. The van der Waals surface area contributed by atoms with Crippen LogP contribution in [0.15, 0.2) is 60.9 Å². The first kappa shape index (κ1) is 26.8. The summed E-state index contributed by atoms with van der Waals surface area (Å²) in [6, 6.07) is 12.9. The Morgan fingerprint density at radius 1 is 1.00 bits per heavy atom. The summed E-state index contributed by atoms with van der Waals surface area (Å²) in [4.78, 5) is 20.8. The molecular weight excluding hydrogens is 502 g/mol. The quantitative estimate of drug-likeness (QED) is 0.343. The van der Waals surface area contributed by atoms with Crippen LogP contribution in [0.2, 0.25) is 10.0 Å². The molecule has 0 fully saturated rings. The van der Waals surface area contributed by atoms with Gasteiger partial charge in [0, 0.05) is 41.6 Å². The molecule has 5 nitrogen and oxygen atoms in total. The third-order valence-electron chi connectivity index (χ3n) is 5.28. The Balaban J connectivity index is 1.59. The van der Waals surface area contributed by atoms with E-state index in [-0.39, 0.29) is 24.4 Å². The van der Waals surface area contributed by atoms with E-state index in [0.29, 0.717) is 29.1 Å². The molecular formula is C25H24Cl2F3N3O2. The first-order valence-corrected chi connectivity index (χ1v) is 11.7. The number of rotatable bonds is 10. The molecule has 0 saturated heterocycles. The van der Waals surface area contributed by atoms with Gasteiger partial charge in [0.1, 0.15) is 6.61 Å². The smallest absolute Gasteiger partial charge is 0.417 e. The van der Waals surface area contributed by atoms with Gasteiger partial charge in [-0.15, -0.1) is 0 Å². The number of halogens is 5. The monoisotopic (exact) mass is 525 g/mol. The molecule has 3 aromatic rings. The highest BCUT2D eigenvalue weighted by Crippen LogP contribution is 2.29. The van der Waals surface area contributed by atoms with Crippen molar-refractivity contribution in [3.63, 3.8) is 0 Å². The number of nitrogens with zero attached hydrogens (tertiary/aromatic N) is 2. The van der Waals surface area contributed by atoms with Crippen molar-refractivity contribution in [3.8, 4) is 5.88 Å². The summed E-state index contributed by atoms with van der Waals surface area (Å²) in [5.41, 5.74) is 1.01. The number of aryl methyl sites for hydroxylation is 1. The van der Waals surface area contributed by atoms with Crippen LogP contribution in [0, 0.1) is 5.92 Å². The van der Waals surface area contributed by atoms with Gasteiger partial charge in [-0.3, -0.25) is 9.78 Å². The maximum absolute atomic E-state index is 12.8. The van der Waals surface area contributed by atoms with Gasteiger partial charge >= 0.3 is 6.18 Å². The standard InChI is InChI=1S/C25H24Cl2F3N3O2/c1-16(15-35-23-11-5-18(13-32-23)25(28,29)30)24(34)33-22(12-21-10-8-20(27)14-31-21)9-4-17-2-6-19(26)7-3-17/h2-3,5-8,10-11,13-14,16,22H,4,9,12,15H2,1H3,(H,33,34). The Hall–Kier alpha value is -2.84. The Morgan fingerprint density at radius 2 is 1.71 bits per heavy atom. The van der Waals surface area contributed by atoms with Crippen molar-refractivity contribution in [1.82, 2.24) is 15.3 Å². The number of nitrogens with one attached hydrogen (secondary N) is 1. The fraction of sp³-hybridized carbons (Fsp3) is 0.320. The summed E-state index contributed by atoms with van der Waals surface area (Å²) in [6.45, 7) is 1.64. The number of amides is 1. The van der Waals surface area contributed by atoms with Gasteiger partial charge in [0.05, 0.1) is 16.5 Å². The molecule has 3 rings (SSSR count). The van der Waals surface area contributed by atoms with E-state index in [2.05, 4.69) is 15.3 Å². The number of carbonyl (C=O) groups excluding carboxylic acids is 1. The highest BCUT2D eigenvalue weighted by Gasteiger charge is 2.30. The Bertz CT molecular complexity index is 1090. The molecule has 2 unspecified atom stereocenters. The van der Waals surface area contributed by atoms with Gasteiger partial charge in [-0.2, -0.15) is 13.2 Å². The minimum Gasteiger partial charge on any atom is -0.477 e. The van der Waals surface area contributed by atoms with E-state index in [9.17, 15) is 18.0 Å². The number of hydrogen-bond acceptors (Lipinski definition) is 4. The van der Waals surface area contributed by atoms with Crippen LogP contribution in [0.3, 0.4) is 0 Å². The average molecular weight is 526 g/mol. The van der Waals surface area contributed by atoms with E-state index < -0.39 is 17.7 Å². The van der Waals surface area contributed by atoms with Gasteiger partial charge in [-0.05, 0) is 48.7 Å². The SMILES string of the molecule is CC(COc1ccc(C(F)(F)F)cn1)C(=O)NC(CCc1ccc(Cl)cc1)Cc1ccc(Cl)cn1. The van der Waals surface area contributed by atoms with Crippen LogP contribution in [0.1, 0.15) is 30.2 Å². The van der Waals surface area contributed by atoms with Gasteiger partial charge in [0.25, 0.3) is 0 Å². The number of ether oxygens (including phenoxy) is 1. The highest BCUT2D eigenvalue weighted by molar-refractivity contribution is 6.30. The molecule has 2 heterocycles. The van der Waals surface area contributed by atoms with Crippen molar-refractivity contribution < 1.29 is 22.7 Å².